The fourth-order valence-corrected chi connectivity index (χ4v) is 5.54. The van der Waals surface area contributed by atoms with E-state index >= 15 is 0 Å². The Kier molecular flexibility index (Phi) is 8.12. The minimum Gasteiger partial charge on any atom is -0.493 e. The first-order valence-electron chi connectivity index (χ1n) is 14.3. The maximum atomic E-state index is 14.0. The van der Waals surface area contributed by atoms with E-state index in [1.54, 1.807) is 54.3 Å². The number of halogens is 1. The van der Waals surface area contributed by atoms with E-state index in [4.69, 9.17) is 18.9 Å². The number of rotatable bonds is 3. The molecule has 4 heterocycles. The number of carbonyl (C=O) groups is 3. The van der Waals surface area contributed by atoms with Gasteiger partial charge in [-0.25, -0.2) is 4.39 Å². The summed E-state index contributed by atoms with van der Waals surface area (Å²) in [5, 5.41) is 6.33. The molecule has 4 aromatic rings. The van der Waals surface area contributed by atoms with E-state index in [0.29, 0.717) is 39.4 Å². The van der Waals surface area contributed by atoms with Crippen molar-refractivity contribution in [1.82, 2.24) is 20.5 Å². The van der Waals surface area contributed by atoms with E-state index in [1.807, 2.05) is 0 Å². The van der Waals surface area contributed by atoms with Crippen LogP contribution in [-0.2, 0) is 11.3 Å². The second-order valence-corrected chi connectivity index (χ2v) is 10.8. The summed E-state index contributed by atoms with van der Waals surface area (Å²) >= 11 is 0. The minimum absolute atomic E-state index is 0.137. The van der Waals surface area contributed by atoms with Crippen molar-refractivity contribution in [3.05, 3.63) is 88.9 Å². The average Bonchev–Trinajstić information content (AvgIpc) is 3.43. The Balaban J connectivity index is 1.36. The fourth-order valence-electron chi connectivity index (χ4n) is 5.54. The van der Waals surface area contributed by atoms with Crippen LogP contribution in [0, 0.1) is 12.7 Å². The molecule has 0 unspecified atom stereocenters. The van der Waals surface area contributed by atoms with Gasteiger partial charge >= 0.3 is 0 Å². The largest absolute Gasteiger partial charge is 0.493 e. The number of hydrogen-bond donors (Lipinski definition) is 2. The first-order valence-corrected chi connectivity index (χ1v) is 14.3. The number of pyridine rings is 1. The molecule has 3 aliphatic rings. The van der Waals surface area contributed by atoms with Gasteiger partial charge in [0, 0.05) is 35.8 Å². The molecule has 12 heteroatoms. The molecule has 7 rings (SSSR count). The molecule has 2 atom stereocenters. The summed E-state index contributed by atoms with van der Waals surface area (Å²) in [5.41, 5.74) is 2.35. The van der Waals surface area contributed by atoms with Crippen LogP contribution in [0.5, 0.6) is 23.0 Å². The van der Waals surface area contributed by atoms with Gasteiger partial charge in [0.1, 0.15) is 11.9 Å². The molecule has 1 saturated heterocycles. The van der Waals surface area contributed by atoms with Crippen molar-refractivity contribution in [3.8, 4) is 23.0 Å². The number of amides is 3. The summed E-state index contributed by atoms with van der Waals surface area (Å²) in [6.45, 7) is 1.95. The predicted molar refractivity (Wildman–Crippen MR) is 161 cm³/mol. The molecule has 0 spiro atoms. The zero-order chi connectivity index (χ0) is 31.7. The number of ether oxygens (including phenoxy) is 4. The number of carbonyl (C=O) groups excluding carboxylic acids is 3. The summed E-state index contributed by atoms with van der Waals surface area (Å²) in [6.07, 6.45) is -0.659. The lowest BCUT2D eigenvalue weighted by atomic mass is 10.1. The quantitative estimate of drug-likeness (QED) is 0.360. The third-order valence-electron chi connectivity index (χ3n) is 7.78. The zero-order valence-corrected chi connectivity index (χ0v) is 24.9. The van der Waals surface area contributed by atoms with E-state index in [9.17, 15) is 18.8 Å². The topological polar surface area (TPSA) is 128 Å². The molecule has 4 bridgehead atoms. The smallest absolute Gasteiger partial charge is 0.258 e. The van der Waals surface area contributed by atoms with E-state index in [1.165, 1.54) is 32.4 Å². The van der Waals surface area contributed by atoms with E-state index in [0.717, 1.165) is 5.56 Å². The number of fused-ring (bicyclic) bond motifs is 8. The first kappa shape index (κ1) is 29.7. The molecule has 2 N–H and O–H groups in total. The molecular formula is C33H31FN4O7. The van der Waals surface area contributed by atoms with Gasteiger partial charge < -0.3 is 34.5 Å². The van der Waals surface area contributed by atoms with Crippen molar-refractivity contribution in [2.45, 2.75) is 25.6 Å². The molecule has 0 aliphatic carbocycles. The van der Waals surface area contributed by atoms with Gasteiger partial charge in [-0.2, -0.15) is 0 Å². The Labute approximate surface area is 258 Å². The molecule has 3 aromatic carbocycles. The third kappa shape index (κ3) is 6.17. The van der Waals surface area contributed by atoms with Gasteiger partial charge in [-0.1, -0.05) is 6.07 Å². The normalized spacial score (nSPS) is 18.3. The molecule has 11 nitrogen and oxygen atoms in total. The third-order valence-corrected chi connectivity index (χ3v) is 7.78. The Hall–Kier alpha value is -5.39. The van der Waals surface area contributed by atoms with Crippen LogP contribution in [-0.4, -0.2) is 73.7 Å². The van der Waals surface area contributed by atoms with E-state index < -0.39 is 23.9 Å². The minimum atomic E-state index is -0.659. The Morgan fingerprint density at radius 2 is 1.80 bits per heavy atom. The monoisotopic (exact) mass is 614 g/mol. The SMILES string of the molecule is COc1ccc2cc1OCC(=O)NCc1ccc(c(OC)c1)O[C@H]1CN(C(=O)c3cc(C)nc4cc(F)ccc34)C[C@@H]1NC2=O. The number of benzene rings is 3. The molecular weight excluding hydrogens is 583 g/mol. The van der Waals surface area contributed by atoms with Gasteiger partial charge in [-0.3, -0.25) is 19.4 Å². The van der Waals surface area contributed by atoms with Crippen LogP contribution < -0.4 is 29.6 Å². The van der Waals surface area contributed by atoms with Gasteiger partial charge in [0.15, 0.2) is 29.6 Å². The Bertz CT molecular complexity index is 1810. The van der Waals surface area contributed by atoms with Crippen molar-refractivity contribution >= 4 is 28.6 Å². The fraction of sp³-hybridized carbons (Fsp3) is 0.273. The van der Waals surface area contributed by atoms with Crippen LogP contribution in [0.1, 0.15) is 32.0 Å². The highest BCUT2D eigenvalue weighted by molar-refractivity contribution is 6.06. The lowest BCUT2D eigenvalue weighted by Gasteiger charge is -2.22. The highest BCUT2D eigenvalue weighted by Crippen LogP contribution is 2.32. The molecule has 3 aliphatic heterocycles. The van der Waals surface area contributed by atoms with Crippen molar-refractivity contribution in [2.75, 3.05) is 33.9 Å². The van der Waals surface area contributed by atoms with Crippen LogP contribution in [0.4, 0.5) is 4.39 Å². The maximum Gasteiger partial charge on any atom is 0.258 e. The Morgan fingerprint density at radius 1 is 0.978 bits per heavy atom. The number of aryl methyl sites for hydroxylation is 1. The molecule has 1 aromatic heterocycles. The lowest BCUT2D eigenvalue weighted by Crippen LogP contribution is -2.45. The first-order chi connectivity index (χ1) is 21.7. The highest BCUT2D eigenvalue weighted by atomic mass is 19.1. The van der Waals surface area contributed by atoms with Gasteiger partial charge in [-0.15, -0.1) is 0 Å². The van der Waals surface area contributed by atoms with Gasteiger partial charge in [0.05, 0.1) is 37.9 Å². The Morgan fingerprint density at radius 3 is 2.60 bits per heavy atom. The highest BCUT2D eigenvalue weighted by Gasteiger charge is 2.39. The van der Waals surface area contributed by atoms with Crippen molar-refractivity contribution in [2.24, 2.45) is 0 Å². The van der Waals surface area contributed by atoms with Gasteiger partial charge in [-0.05, 0) is 61.0 Å². The lowest BCUT2D eigenvalue weighted by molar-refractivity contribution is -0.123. The predicted octanol–water partition coefficient (Wildman–Crippen LogP) is 3.41. The van der Waals surface area contributed by atoms with Crippen LogP contribution in [0.25, 0.3) is 10.9 Å². The average molecular weight is 615 g/mol. The van der Waals surface area contributed by atoms with Crippen LogP contribution in [0.15, 0.2) is 60.7 Å². The molecule has 45 heavy (non-hydrogen) atoms. The van der Waals surface area contributed by atoms with Crippen LogP contribution >= 0.6 is 0 Å². The summed E-state index contributed by atoms with van der Waals surface area (Å²) in [4.78, 5) is 46.0. The van der Waals surface area contributed by atoms with Gasteiger partial charge in [0.2, 0.25) is 0 Å². The van der Waals surface area contributed by atoms with E-state index in [2.05, 4.69) is 15.6 Å². The standard InChI is InChI=1S/C33H31FN4O7/c1-18-10-23(22-7-6-21(34)13-24(22)36-18)33(41)38-15-25-30(16-38)45-27-8-4-19(11-28(27)43-3)14-35-31(39)17-44-29-12-20(32(40)37-25)5-9-26(29)42-2/h4-13,25,30H,14-17H2,1-3H3,(H,35,39)(H,37,40)/t25-,30-/m0/s1. The molecule has 3 amide bonds. The molecule has 0 radical (unpaired) electrons. The number of nitrogens with zero attached hydrogens (tertiary/aromatic N) is 2. The molecule has 232 valence electrons. The number of methoxy groups -OCH3 is 2. The second-order valence-electron chi connectivity index (χ2n) is 10.8. The molecule has 0 saturated carbocycles. The number of nitrogens with one attached hydrogen (secondary N) is 2. The van der Waals surface area contributed by atoms with Crippen LogP contribution in [0.2, 0.25) is 0 Å². The molecule has 1 fully saturated rings. The number of aromatic nitrogens is 1. The summed E-state index contributed by atoms with van der Waals surface area (Å²) in [6, 6.07) is 15.1. The van der Waals surface area contributed by atoms with Crippen molar-refractivity contribution in [3.63, 3.8) is 0 Å². The second kappa shape index (κ2) is 12.3. The number of likely N-dealkylation sites (tertiary alicyclic amines) is 1. The van der Waals surface area contributed by atoms with Crippen molar-refractivity contribution in [1.29, 1.82) is 0 Å². The van der Waals surface area contributed by atoms with Crippen LogP contribution in [0.3, 0.4) is 0 Å². The summed E-state index contributed by atoms with van der Waals surface area (Å²) < 4.78 is 37.1. The van der Waals surface area contributed by atoms with E-state index in [-0.39, 0.29) is 49.4 Å². The van der Waals surface area contributed by atoms with Gasteiger partial charge in [0.25, 0.3) is 17.7 Å². The summed E-state index contributed by atoms with van der Waals surface area (Å²) in [5.74, 6) is -0.139. The zero-order valence-electron chi connectivity index (χ0n) is 24.9. The number of hydrogen-bond acceptors (Lipinski definition) is 8. The maximum absolute atomic E-state index is 14.0. The van der Waals surface area contributed by atoms with Crippen molar-refractivity contribution < 1.29 is 37.7 Å². The summed E-state index contributed by atoms with van der Waals surface area (Å²) in [7, 11) is 2.97.